The molecule has 0 aliphatic heterocycles. The van der Waals surface area contributed by atoms with Crippen LogP contribution in [0.5, 0.6) is 0 Å². The van der Waals surface area contributed by atoms with Crippen molar-refractivity contribution in [3.8, 4) is 0 Å². The topological polar surface area (TPSA) is 93.4 Å². The maximum atomic E-state index is 13.2. The number of sulfonamides is 1. The zero-order valence-electron chi connectivity index (χ0n) is 15.9. The fourth-order valence-corrected chi connectivity index (χ4v) is 4.42. The second-order valence-corrected chi connectivity index (χ2v) is 8.70. The van der Waals surface area contributed by atoms with Gasteiger partial charge in [-0.1, -0.05) is 42.5 Å². The van der Waals surface area contributed by atoms with Gasteiger partial charge in [0.2, 0.25) is 10.0 Å². The molecule has 0 spiro atoms. The van der Waals surface area contributed by atoms with Crippen molar-refractivity contribution < 1.29 is 13.3 Å². The largest absolute Gasteiger partial charge is 0.269 e. The van der Waals surface area contributed by atoms with Crippen LogP contribution in [-0.2, 0) is 28.9 Å². The van der Waals surface area contributed by atoms with Gasteiger partial charge >= 0.3 is 0 Å². The van der Waals surface area contributed by atoms with Crippen molar-refractivity contribution in [1.29, 1.82) is 0 Å². The van der Waals surface area contributed by atoms with Crippen LogP contribution in [0.15, 0.2) is 73.1 Å². The summed E-state index contributed by atoms with van der Waals surface area (Å²) in [5.41, 5.74) is 3.14. The molecule has 3 aromatic rings. The van der Waals surface area contributed by atoms with E-state index >= 15 is 0 Å². The molecule has 1 heterocycles. The SMILES string of the molecule is Cc1ccccc1CN(Cc1cccnc1)S(=O)(=O)Cc1ccc([N+](=O)[O-])cc1. The number of benzene rings is 2. The summed E-state index contributed by atoms with van der Waals surface area (Å²) in [5.74, 6) is -0.239. The molecule has 0 saturated carbocycles. The number of hydrogen-bond donors (Lipinski definition) is 0. The van der Waals surface area contributed by atoms with E-state index in [0.717, 1.165) is 16.7 Å². The number of nitro benzene ring substituents is 1. The molecule has 8 heteroatoms. The van der Waals surface area contributed by atoms with Crippen molar-refractivity contribution in [1.82, 2.24) is 9.29 Å². The molecule has 29 heavy (non-hydrogen) atoms. The van der Waals surface area contributed by atoms with E-state index in [4.69, 9.17) is 0 Å². The van der Waals surface area contributed by atoms with Crippen LogP contribution in [0.1, 0.15) is 22.3 Å². The van der Waals surface area contributed by atoms with Crippen molar-refractivity contribution in [2.45, 2.75) is 25.8 Å². The molecule has 150 valence electrons. The standard InChI is InChI=1S/C21H21N3O4S/c1-17-5-2-3-7-20(17)15-23(14-19-6-4-12-22-13-19)29(27,28)16-18-8-10-21(11-9-18)24(25)26/h2-13H,14-16H2,1H3. The Morgan fingerprint density at radius 1 is 0.966 bits per heavy atom. The highest BCUT2D eigenvalue weighted by Crippen LogP contribution is 2.21. The van der Waals surface area contributed by atoms with Crippen molar-refractivity contribution in [3.05, 3.63) is 105 Å². The van der Waals surface area contributed by atoms with Gasteiger partial charge in [0.05, 0.1) is 10.7 Å². The Morgan fingerprint density at radius 3 is 2.31 bits per heavy atom. The van der Waals surface area contributed by atoms with E-state index in [1.807, 2.05) is 37.3 Å². The first-order valence-corrected chi connectivity index (χ1v) is 10.6. The van der Waals surface area contributed by atoms with E-state index in [2.05, 4.69) is 4.98 Å². The average Bonchev–Trinajstić information content (AvgIpc) is 2.70. The van der Waals surface area contributed by atoms with Crippen LogP contribution >= 0.6 is 0 Å². The lowest BCUT2D eigenvalue weighted by atomic mass is 10.1. The number of nitro groups is 1. The molecule has 2 aromatic carbocycles. The summed E-state index contributed by atoms with van der Waals surface area (Å²) >= 11 is 0. The van der Waals surface area contributed by atoms with Gasteiger partial charge < -0.3 is 0 Å². The summed E-state index contributed by atoms with van der Waals surface area (Å²) in [6.07, 6.45) is 3.28. The predicted octanol–water partition coefficient (Wildman–Crippen LogP) is 3.83. The molecule has 0 atom stereocenters. The van der Waals surface area contributed by atoms with Crippen molar-refractivity contribution in [2.75, 3.05) is 0 Å². The van der Waals surface area contributed by atoms with Crippen molar-refractivity contribution in [2.24, 2.45) is 0 Å². The Balaban J connectivity index is 1.88. The summed E-state index contributed by atoms with van der Waals surface area (Å²) in [6.45, 7) is 2.37. The summed E-state index contributed by atoms with van der Waals surface area (Å²) < 4.78 is 27.8. The molecule has 0 aliphatic rings. The molecule has 0 saturated heterocycles. The van der Waals surface area contributed by atoms with Gasteiger partial charge in [0, 0.05) is 37.6 Å². The van der Waals surface area contributed by atoms with E-state index in [9.17, 15) is 18.5 Å². The number of hydrogen-bond acceptors (Lipinski definition) is 5. The lowest BCUT2D eigenvalue weighted by molar-refractivity contribution is -0.384. The zero-order chi connectivity index (χ0) is 20.9. The van der Waals surface area contributed by atoms with E-state index in [1.54, 1.807) is 18.5 Å². The quantitative estimate of drug-likeness (QED) is 0.415. The van der Waals surface area contributed by atoms with Gasteiger partial charge in [0.1, 0.15) is 0 Å². The van der Waals surface area contributed by atoms with Gasteiger partial charge in [-0.05, 0) is 35.2 Å². The Morgan fingerprint density at radius 2 is 1.69 bits per heavy atom. The Kier molecular flexibility index (Phi) is 6.36. The predicted molar refractivity (Wildman–Crippen MR) is 110 cm³/mol. The van der Waals surface area contributed by atoms with Gasteiger partial charge in [0.15, 0.2) is 0 Å². The van der Waals surface area contributed by atoms with Crippen molar-refractivity contribution in [3.63, 3.8) is 0 Å². The first-order valence-electron chi connectivity index (χ1n) is 9.00. The minimum absolute atomic E-state index is 0.0710. The number of nitrogens with zero attached hydrogens (tertiary/aromatic N) is 3. The highest BCUT2D eigenvalue weighted by atomic mass is 32.2. The van der Waals surface area contributed by atoms with Crippen LogP contribution in [0.4, 0.5) is 5.69 Å². The maximum Gasteiger partial charge on any atom is 0.269 e. The average molecular weight is 411 g/mol. The molecule has 0 fully saturated rings. The van der Waals surface area contributed by atoms with Crippen molar-refractivity contribution >= 4 is 15.7 Å². The monoisotopic (exact) mass is 411 g/mol. The van der Waals surface area contributed by atoms with Gasteiger partial charge in [-0.3, -0.25) is 15.1 Å². The molecular formula is C21H21N3O4S. The van der Waals surface area contributed by atoms with E-state index in [-0.39, 0.29) is 24.5 Å². The molecule has 0 bridgehead atoms. The molecule has 0 aliphatic carbocycles. The lowest BCUT2D eigenvalue weighted by Gasteiger charge is -2.23. The molecular weight excluding hydrogens is 390 g/mol. The molecule has 3 rings (SSSR count). The second-order valence-electron chi connectivity index (χ2n) is 6.74. The molecule has 7 nitrogen and oxygen atoms in total. The maximum absolute atomic E-state index is 13.2. The third kappa shape index (κ3) is 5.46. The number of aryl methyl sites for hydroxylation is 1. The van der Waals surface area contributed by atoms with Gasteiger partial charge in [-0.2, -0.15) is 4.31 Å². The van der Waals surface area contributed by atoms with Gasteiger partial charge in [-0.25, -0.2) is 8.42 Å². The fraction of sp³-hybridized carbons (Fsp3) is 0.190. The highest BCUT2D eigenvalue weighted by molar-refractivity contribution is 7.88. The molecule has 0 amide bonds. The molecule has 0 N–H and O–H groups in total. The minimum atomic E-state index is -3.69. The normalized spacial score (nSPS) is 11.5. The van der Waals surface area contributed by atoms with E-state index in [1.165, 1.54) is 28.6 Å². The van der Waals surface area contributed by atoms with Crippen LogP contribution in [0.2, 0.25) is 0 Å². The van der Waals surface area contributed by atoms with Crippen LogP contribution in [0, 0.1) is 17.0 Å². The molecule has 1 aromatic heterocycles. The second kappa shape index (κ2) is 8.93. The Hall–Kier alpha value is -3.10. The fourth-order valence-electron chi connectivity index (χ4n) is 2.94. The van der Waals surface area contributed by atoms with E-state index < -0.39 is 14.9 Å². The number of aromatic nitrogens is 1. The Labute approximate surface area is 169 Å². The third-order valence-corrected chi connectivity index (χ3v) is 6.32. The van der Waals surface area contributed by atoms with Crippen LogP contribution in [0.25, 0.3) is 0 Å². The van der Waals surface area contributed by atoms with Crippen LogP contribution < -0.4 is 0 Å². The summed E-state index contributed by atoms with van der Waals surface area (Å²) in [6, 6.07) is 16.8. The van der Waals surface area contributed by atoms with Gasteiger partial charge in [-0.15, -0.1) is 0 Å². The molecule has 0 radical (unpaired) electrons. The highest BCUT2D eigenvalue weighted by Gasteiger charge is 2.24. The minimum Gasteiger partial charge on any atom is -0.264 e. The number of non-ortho nitro benzene ring substituents is 1. The third-order valence-electron chi connectivity index (χ3n) is 4.58. The van der Waals surface area contributed by atoms with Crippen LogP contribution in [-0.4, -0.2) is 22.6 Å². The summed E-state index contributed by atoms with van der Waals surface area (Å²) in [5, 5.41) is 10.8. The molecule has 0 unspecified atom stereocenters. The Bertz CT molecular complexity index is 1080. The summed E-state index contributed by atoms with van der Waals surface area (Å²) in [7, 11) is -3.69. The number of rotatable bonds is 8. The first kappa shape index (κ1) is 20.6. The van der Waals surface area contributed by atoms with Crippen LogP contribution in [0.3, 0.4) is 0 Å². The lowest BCUT2D eigenvalue weighted by Crippen LogP contribution is -2.31. The van der Waals surface area contributed by atoms with Gasteiger partial charge in [0.25, 0.3) is 5.69 Å². The van der Waals surface area contributed by atoms with E-state index in [0.29, 0.717) is 5.56 Å². The zero-order valence-corrected chi connectivity index (χ0v) is 16.7. The first-order chi connectivity index (χ1) is 13.8. The smallest absolute Gasteiger partial charge is 0.264 e. The summed E-state index contributed by atoms with van der Waals surface area (Å²) in [4.78, 5) is 14.4. The number of pyridine rings is 1.